The molecule has 0 aromatic heterocycles. The predicted octanol–water partition coefficient (Wildman–Crippen LogP) is 3.74. The lowest BCUT2D eigenvalue weighted by molar-refractivity contribution is -0.127. The first-order chi connectivity index (χ1) is 6.51. The van der Waals surface area contributed by atoms with Gasteiger partial charge < -0.3 is 0 Å². The van der Waals surface area contributed by atoms with E-state index < -0.39 is 12.6 Å². The van der Waals surface area contributed by atoms with Gasteiger partial charge in [0.2, 0.25) is 0 Å². The molecule has 0 N–H and O–H groups in total. The normalized spacial score (nSPS) is 11.7. The second-order valence-electron chi connectivity index (χ2n) is 3.36. The predicted molar refractivity (Wildman–Crippen MR) is 50.2 cm³/mol. The summed E-state index contributed by atoms with van der Waals surface area (Å²) in [5.41, 5.74) is 1.43. The highest BCUT2D eigenvalue weighted by atomic mass is 19.4. The molecule has 14 heavy (non-hydrogen) atoms. The van der Waals surface area contributed by atoms with Crippen molar-refractivity contribution in [3.05, 3.63) is 35.4 Å². The van der Waals surface area contributed by atoms with Crippen LogP contribution in [0, 0.1) is 0 Å². The van der Waals surface area contributed by atoms with Crippen LogP contribution in [0.2, 0.25) is 0 Å². The highest BCUT2D eigenvalue weighted by molar-refractivity contribution is 5.23. The molecule has 0 saturated carbocycles. The lowest BCUT2D eigenvalue weighted by Crippen LogP contribution is -2.11. The third kappa shape index (κ3) is 3.81. The Labute approximate surface area is 81.8 Å². The van der Waals surface area contributed by atoms with E-state index >= 15 is 0 Å². The largest absolute Gasteiger partial charge is 0.393 e. The van der Waals surface area contributed by atoms with Crippen LogP contribution in [-0.4, -0.2) is 6.18 Å². The van der Waals surface area contributed by atoms with Gasteiger partial charge in [-0.15, -0.1) is 0 Å². The lowest BCUT2D eigenvalue weighted by atomic mass is 10.1. The molecule has 0 aliphatic rings. The molecular weight excluding hydrogens is 189 g/mol. The maximum atomic E-state index is 12.0. The van der Waals surface area contributed by atoms with Crippen molar-refractivity contribution in [3.8, 4) is 0 Å². The fourth-order valence-corrected chi connectivity index (χ4v) is 1.34. The standard InChI is InChI=1S/C11H13F3/c1-2-3-9-4-6-10(7-5-9)8-11(12,13)14/h4-7H,2-3,8H2,1H3. The minimum Gasteiger partial charge on any atom is -0.171 e. The molecule has 0 atom stereocenters. The van der Waals surface area contributed by atoms with E-state index in [1.54, 1.807) is 24.3 Å². The van der Waals surface area contributed by atoms with Crippen LogP contribution in [0.3, 0.4) is 0 Å². The molecule has 0 radical (unpaired) electrons. The highest BCUT2D eigenvalue weighted by Gasteiger charge is 2.27. The van der Waals surface area contributed by atoms with Gasteiger partial charge in [0.1, 0.15) is 0 Å². The second kappa shape index (κ2) is 4.49. The third-order valence-corrected chi connectivity index (χ3v) is 1.97. The van der Waals surface area contributed by atoms with Crippen LogP contribution in [0.15, 0.2) is 24.3 Å². The summed E-state index contributed by atoms with van der Waals surface area (Å²) >= 11 is 0. The van der Waals surface area contributed by atoms with E-state index in [9.17, 15) is 13.2 Å². The van der Waals surface area contributed by atoms with Gasteiger partial charge in [0.05, 0.1) is 6.42 Å². The third-order valence-electron chi connectivity index (χ3n) is 1.97. The van der Waals surface area contributed by atoms with Gasteiger partial charge in [-0.3, -0.25) is 0 Å². The summed E-state index contributed by atoms with van der Waals surface area (Å²) in [5, 5.41) is 0. The average molecular weight is 202 g/mol. The fraction of sp³-hybridized carbons (Fsp3) is 0.455. The van der Waals surface area contributed by atoms with E-state index in [0.717, 1.165) is 18.4 Å². The molecule has 0 aliphatic heterocycles. The number of alkyl halides is 3. The van der Waals surface area contributed by atoms with Crippen molar-refractivity contribution in [3.63, 3.8) is 0 Å². The molecule has 0 bridgehead atoms. The zero-order valence-electron chi connectivity index (χ0n) is 8.06. The molecule has 0 aliphatic carbocycles. The number of rotatable bonds is 3. The summed E-state index contributed by atoms with van der Waals surface area (Å²) in [6.07, 6.45) is -3.00. The Balaban J connectivity index is 2.64. The van der Waals surface area contributed by atoms with Crippen molar-refractivity contribution >= 4 is 0 Å². The van der Waals surface area contributed by atoms with Gasteiger partial charge in [-0.1, -0.05) is 37.6 Å². The Hall–Kier alpha value is -0.990. The van der Waals surface area contributed by atoms with Crippen molar-refractivity contribution in [2.45, 2.75) is 32.4 Å². The molecule has 3 heteroatoms. The van der Waals surface area contributed by atoms with Gasteiger partial charge in [0.15, 0.2) is 0 Å². The van der Waals surface area contributed by atoms with Gasteiger partial charge in [0, 0.05) is 0 Å². The summed E-state index contributed by atoms with van der Waals surface area (Å²) in [6.45, 7) is 2.05. The van der Waals surface area contributed by atoms with Gasteiger partial charge in [0.25, 0.3) is 0 Å². The van der Waals surface area contributed by atoms with Crippen molar-refractivity contribution in [1.29, 1.82) is 0 Å². The first-order valence-electron chi connectivity index (χ1n) is 4.66. The molecule has 0 fully saturated rings. The summed E-state index contributed by atoms with van der Waals surface area (Å²) < 4.78 is 36.0. The molecule has 1 aromatic carbocycles. The van der Waals surface area contributed by atoms with Crippen molar-refractivity contribution in [2.24, 2.45) is 0 Å². The molecule has 78 valence electrons. The van der Waals surface area contributed by atoms with Crippen molar-refractivity contribution in [2.75, 3.05) is 0 Å². The molecule has 0 amide bonds. The van der Waals surface area contributed by atoms with Crippen LogP contribution in [-0.2, 0) is 12.8 Å². The topological polar surface area (TPSA) is 0 Å². The Kier molecular flexibility index (Phi) is 3.55. The van der Waals surface area contributed by atoms with Gasteiger partial charge in [-0.05, 0) is 17.5 Å². The Bertz CT molecular complexity index is 272. The molecule has 1 rings (SSSR count). The van der Waals surface area contributed by atoms with Gasteiger partial charge in [-0.25, -0.2) is 0 Å². The maximum absolute atomic E-state index is 12.0. The zero-order chi connectivity index (χ0) is 10.6. The van der Waals surface area contributed by atoms with Crippen LogP contribution >= 0.6 is 0 Å². The Morgan fingerprint density at radius 3 is 1.93 bits per heavy atom. The fourth-order valence-electron chi connectivity index (χ4n) is 1.34. The van der Waals surface area contributed by atoms with Crippen LogP contribution in [0.5, 0.6) is 0 Å². The molecular formula is C11H13F3. The first kappa shape index (κ1) is 11.1. The highest BCUT2D eigenvalue weighted by Crippen LogP contribution is 2.21. The molecule has 0 spiro atoms. The van der Waals surface area contributed by atoms with E-state index in [4.69, 9.17) is 0 Å². The van der Waals surface area contributed by atoms with E-state index in [0.29, 0.717) is 5.56 Å². The smallest absolute Gasteiger partial charge is 0.171 e. The van der Waals surface area contributed by atoms with Gasteiger partial charge >= 0.3 is 6.18 Å². The van der Waals surface area contributed by atoms with Crippen LogP contribution < -0.4 is 0 Å². The molecule has 0 heterocycles. The molecule has 0 nitrogen and oxygen atoms in total. The van der Waals surface area contributed by atoms with E-state index in [-0.39, 0.29) is 0 Å². The molecule has 0 unspecified atom stereocenters. The minimum absolute atomic E-state index is 0.331. The summed E-state index contributed by atoms with van der Waals surface area (Å²) in [6, 6.07) is 6.64. The summed E-state index contributed by atoms with van der Waals surface area (Å²) in [5.74, 6) is 0. The van der Waals surface area contributed by atoms with E-state index in [2.05, 4.69) is 0 Å². The van der Waals surface area contributed by atoms with Crippen LogP contribution in [0.25, 0.3) is 0 Å². The monoisotopic (exact) mass is 202 g/mol. The number of benzene rings is 1. The van der Waals surface area contributed by atoms with E-state index in [1.807, 2.05) is 6.92 Å². The first-order valence-corrected chi connectivity index (χ1v) is 4.66. The maximum Gasteiger partial charge on any atom is 0.393 e. The van der Waals surface area contributed by atoms with Crippen molar-refractivity contribution in [1.82, 2.24) is 0 Å². The quantitative estimate of drug-likeness (QED) is 0.700. The van der Waals surface area contributed by atoms with Crippen LogP contribution in [0.1, 0.15) is 24.5 Å². The Morgan fingerprint density at radius 1 is 1.00 bits per heavy atom. The second-order valence-corrected chi connectivity index (χ2v) is 3.36. The summed E-state index contributed by atoms with van der Waals surface area (Å²) in [7, 11) is 0. The molecule has 1 aromatic rings. The lowest BCUT2D eigenvalue weighted by Gasteiger charge is -2.06. The number of hydrogen-bond acceptors (Lipinski definition) is 0. The SMILES string of the molecule is CCCc1ccc(CC(F)(F)F)cc1. The molecule has 0 saturated heterocycles. The summed E-state index contributed by atoms with van der Waals surface area (Å²) in [4.78, 5) is 0. The van der Waals surface area contributed by atoms with Crippen LogP contribution in [0.4, 0.5) is 13.2 Å². The average Bonchev–Trinajstić information content (AvgIpc) is 2.06. The zero-order valence-corrected chi connectivity index (χ0v) is 8.06. The number of hydrogen-bond donors (Lipinski definition) is 0. The Morgan fingerprint density at radius 2 is 1.50 bits per heavy atom. The number of halogens is 3. The van der Waals surface area contributed by atoms with Crippen molar-refractivity contribution < 1.29 is 13.2 Å². The minimum atomic E-state index is -4.10. The van der Waals surface area contributed by atoms with E-state index in [1.165, 1.54) is 0 Å². The van der Waals surface area contributed by atoms with Gasteiger partial charge in [-0.2, -0.15) is 13.2 Å². The number of aryl methyl sites for hydroxylation is 1.